The van der Waals surface area contributed by atoms with Gasteiger partial charge in [0.15, 0.2) is 0 Å². The molecule has 0 fully saturated rings. The maximum absolute atomic E-state index is 12.3. The molecular formula is C9H16N3O4P. The maximum Gasteiger partial charge on any atom is 0.360 e. The number of aliphatic hydroxyl groups is 1. The first-order valence-electron chi connectivity index (χ1n) is 5.00. The van der Waals surface area contributed by atoms with Gasteiger partial charge in [-0.1, -0.05) is 17.8 Å². The van der Waals surface area contributed by atoms with E-state index in [1.165, 1.54) is 6.08 Å². The van der Waals surface area contributed by atoms with E-state index in [0.29, 0.717) is 0 Å². The topological polar surface area (TPSA) is 105 Å². The van der Waals surface area contributed by atoms with Crippen LogP contribution in [0.5, 0.6) is 0 Å². The Labute approximate surface area is 99.9 Å². The summed E-state index contributed by atoms with van der Waals surface area (Å²) in [5.74, 6) is 0. The van der Waals surface area contributed by atoms with Crippen molar-refractivity contribution in [3.05, 3.63) is 34.1 Å². The fourth-order valence-corrected chi connectivity index (χ4v) is 2.76. The Morgan fingerprint density at radius 2 is 2.06 bits per heavy atom. The highest BCUT2D eigenvalue weighted by Crippen LogP contribution is 2.57. The molecule has 0 bridgehead atoms. The van der Waals surface area contributed by atoms with Gasteiger partial charge in [-0.25, -0.2) is 0 Å². The Morgan fingerprint density at radius 3 is 2.35 bits per heavy atom. The van der Waals surface area contributed by atoms with E-state index in [2.05, 4.69) is 16.6 Å². The van der Waals surface area contributed by atoms with Crippen LogP contribution in [0.4, 0.5) is 0 Å². The second-order valence-corrected chi connectivity index (χ2v) is 4.77. The van der Waals surface area contributed by atoms with Crippen LogP contribution in [0.3, 0.4) is 0 Å². The summed E-state index contributed by atoms with van der Waals surface area (Å²) < 4.78 is 22.4. The van der Waals surface area contributed by atoms with Gasteiger partial charge in [-0.05, 0) is 19.4 Å². The number of azide groups is 1. The average Bonchev–Trinajstić information content (AvgIpc) is 2.29. The fourth-order valence-electron chi connectivity index (χ4n) is 1.11. The first-order chi connectivity index (χ1) is 8.09. The van der Waals surface area contributed by atoms with Crippen LogP contribution < -0.4 is 0 Å². The van der Waals surface area contributed by atoms with E-state index in [1.807, 2.05) is 0 Å². The Bertz CT molecular complexity index is 378. The van der Waals surface area contributed by atoms with E-state index in [-0.39, 0.29) is 24.2 Å². The van der Waals surface area contributed by atoms with Crippen LogP contribution in [-0.2, 0) is 13.6 Å². The van der Waals surface area contributed by atoms with Gasteiger partial charge in [0.1, 0.15) is 0 Å². The van der Waals surface area contributed by atoms with E-state index in [0.717, 1.165) is 0 Å². The number of nitrogens with zero attached hydrogens (tertiary/aromatic N) is 3. The number of hydrogen-bond donors (Lipinski definition) is 1. The summed E-state index contributed by atoms with van der Waals surface area (Å²) in [5.41, 5.74) is 8.32. The highest BCUT2D eigenvalue weighted by atomic mass is 31.2. The molecule has 0 heterocycles. The van der Waals surface area contributed by atoms with Crippen molar-refractivity contribution in [1.29, 1.82) is 0 Å². The molecular weight excluding hydrogens is 245 g/mol. The Hall–Kier alpha value is -1.10. The highest BCUT2D eigenvalue weighted by Gasteiger charge is 2.31. The third kappa shape index (κ3) is 4.34. The van der Waals surface area contributed by atoms with Crippen molar-refractivity contribution < 1.29 is 18.7 Å². The smallest absolute Gasteiger partial charge is 0.360 e. The lowest BCUT2D eigenvalue weighted by Gasteiger charge is -2.19. The van der Waals surface area contributed by atoms with Gasteiger partial charge in [0, 0.05) is 4.91 Å². The Morgan fingerprint density at radius 1 is 1.53 bits per heavy atom. The number of allylic oxidation sites excluding steroid dienone is 1. The van der Waals surface area contributed by atoms with Gasteiger partial charge in [-0.3, -0.25) is 4.57 Å². The molecule has 0 saturated heterocycles. The summed E-state index contributed by atoms with van der Waals surface area (Å²) in [6, 6.07) is 0. The maximum atomic E-state index is 12.3. The van der Waals surface area contributed by atoms with Crippen LogP contribution in [0.15, 0.2) is 28.8 Å². The van der Waals surface area contributed by atoms with Gasteiger partial charge in [-0.15, -0.1) is 0 Å². The van der Waals surface area contributed by atoms with Gasteiger partial charge in [0.25, 0.3) is 0 Å². The summed E-state index contributed by atoms with van der Waals surface area (Å²) in [6.07, 6.45) is 1.19. The zero-order valence-corrected chi connectivity index (χ0v) is 10.8. The molecule has 0 saturated carbocycles. The summed E-state index contributed by atoms with van der Waals surface area (Å²) >= 11 is 0. The first kappa shape index (κ1) is 15.9. The molecule has 0 aromatic rings. The monoisotopic (exact) mass is 261 g/mol. The van der Waals surface area contributed by atoms with Crippen molar-refractivity contribution >= 4 is 7.60 Å². The van der Waals surface area contributed by atoms with E-state index < -0.39 is 14.2 Å². The molecule has 96 valence electrons. The summed E-state index contributed by atoms with van der Waals surface area (Å²) in [4.78, 5) is 2.56. The summed E-state index contributed by atoms with van der Waals surface area (Å²) in [7, 11) is -3.64. The Balaban J connectivity index is 5.65. The van der Waals surface area contributed by atoms with E-state index in [1.54, 1.807) is 13.8 Å². The molecule has 1 N–H and O–H groups in total. The molecule has 0 aromatic carbocycles. The van der Waals surface area contributed by atoms with E-state index in [4.69, 9.17) is 14.6 Å². The molecule has 8 heteroatoms. The molecule has 0 atom stereocenters. The zero-order chi connectivity index (χ0) is 13.3. The van der Waals surface area contributed by atoms with E-state index in [9.17, 15) is 9.67 Å². The lowest BCUT2D eigenvalue weighted by molar-refractivity contribution is 0.220. The number of hydrogen-bond acceptors (Lipinski definition) is 5. The van der Waals surface area contributed by atoms with Crippen LogP contribution in [0, 0.1) is 0 Å². The molecule has 0 aliphatic rings. The van der Waals surface area contributed by atoms with Crippen molar-refractivity contribution in [2.24, 2.45) is 5.11 Å². The molecule has 0 aliphatic carbocycles. The second kappa shape index (κ2) is 8.06. The van der Waals surface area contributed by atoms with Gasteiger partial charge >= 0.3 is 7.60 Å². The van der Waals surface area contributed by atoms with Crippen molar-refractivity contribution in [3.8, 4) is 0 Å². The highest BCUT2D eigenvalue weighted by molar-refractivity contribution is 7.58. The minimum atomic E-state index is -3.64. The van der Waals surface area contributed by atoms with Crippen LogP contribution in [0.1, 0.15) is 13.8 Å². The van der Waals surface area contributed by atoms with Gasteiger partial charge in [0.05, 0.1) is 30.8 Å². The molecule has 0 radical (unpaired) electrons. The summed E-state index contributed by atoms with van der Waals surface area (Å²) in [5, 5.41) is 12.4. The van der Waals surface area contributed by atoms with Crippen molar-refractivity contribution in [1.82, 2.24) is 0 Å². The third-order valence-electron chi connectivity index (χ3n) is 1.72. The molecule has 0 unspecified atom stereocenters. The molecule has 0 amide bonds. The summed E-state index contributed by atoms with van der Waals surface area (Å²) in [6.45, 7) is 6.38. The van der Waals surface area contributed by atoms with Crippen molar-refractivity contribution in [2.75, 3.05) is 19.8 Å². The van der Waals surface area contributed by atoms with Crippen LogP contribution >= 0.6 is 7.60 Å². The average molecular weight is 261 g/mol. The molecule has 0 aliphatic heterocycles. The predicted molar refractivity (Wildman–Crippen MR) is 64.3 cm³/mol. The van der Waals surface area contributed by atoms with Crippen molar-refractivity contribution in [2.45, 2.75) is 13.8 Å². The number of aliphatic hydroxyl groups excluding tert-OH is 1. The Kier molecular flexibility index (Phi) is 7.54. The molecule has 17 heavy (non-hydrogen) atoms. The molecule has 0 spiro atoms. The lowest BCUT2D eigenvalue weighted by atomic mass is 10.4. The fraction of sp³-hybridized carbons (Fsp3) is 0.556. The lowest BCUT2D eigenvalue weighted by Crippen LogP contribution is -2.04. The second-order valence-electron chi connectivity index (χ2n) is 2.72. The molecule has 7 nitrogen and oxygen atoms in total. The minimum Gasteiger partial charge on any atom is -0.391 e. The predicted octanol–water partition coefficient (Wildman–Crippen LogP) is 2.95. The SMILES string of the molecule is C=C/C(N=[N+]=[N-])=C(/CO)P(=O)(OCC)OCC. The van der Waals surface area contributed by atoms with Crippen LogP contribution in [0.25, 0.3) is 10.4 Å². The van der Waals surface area contributed by atoms with Gasteiger partial charge < -0.3 is 14.2 Å². The number of rotatable bonds is 8. The van der Waals surface area contributed by atoms with Crippen LogP contribution in [0.2, 0.25) is 0 Å². The largest absolute Gasteiger partial charge is 0.391 e. The molecule has 0 rings (SSSR count). The molecule has 0 aromatic heterocycles. The van der Waals surface area contributed by atoms with Gasteiger partial charge in [-0.2, -0.15) is 0 Å². The first-order valence-corrected chi connectivity index (χ1v) is 6.55. The van der Waals surface area contributed by atoms with Crippen LogP contribution in [-0.4, -0.2) is 24.9 Å². The standard InChI is InChI=1S/C9H16N3O4P/c1-4-8(11-12-10)9(7-13)17(14,15-5-2)16-6-3/h4,13H,1,5-7H2,2-3H3/b9-8+. The van der Waals surface area contributed by atoms with E-state index >= 15 is 0 Å². The van der Waals surface area contributed by atoms with Gasteiger partial charge in [0.2, 0.25) is 0 Å². The minimum absolute atomic E-state index is 0.0415. The quantitative estimate of drug-likeness (QED) is 0.238. The zero-order valence-electron chi connectivity index (χ0n) is 9.87. The van der Waals surface area contributed by atoms with Crippen molar-refractivity contribution in [3.63, 3.8) is 0 Å². The third-order valence-corrected chi connectivity index (χ3v) is 3.95. The normalized spacial score (nSPS) is 12.6.